The summed E-state index contributed by atoms with van der Waals surface area (Å²) < 4.78 is 15.8. The molecule has 1 unspecified atom stereocenters. The van der Waals surface area contributed by atoms with Gasteiger partial charge in [-0.3, -0.25) is 0 Å². The summed E-state index contributed by atoms with van der Waals surface area (Å²) >= 11 is 3.00. The Kier molecular flexibility index (Phi) is 8.97. The number of ether oxygens (including phenoxy) is 2. The third-order valence-electron chi connectivity index (χ3n) is 4.91. The molecule has 8 heteroatoms. The standard InChI is InChI=1S/C19H34O5S2Si/c1-9-22-16(20)19(17(21)23-10-2)15(13-14(3)25-11-12-26-19)24-27(7,8)18(4,5)6/h13,15H,9-12H2,1-8H3/b14-13-. The van der Waals surface area contributed by atoms with Gasteiger partial charge in [-0.15, -0.1) is 23.5 Å². The van der Waals surface area contributed by atoms with Crippen LogP contribution < -0.4 is 0 Å². The van der Waals surface area contributed by atoms with Crippen LogP contribution in [0.2, 0.25) is 18.1 Å². The van der Waals surface area contributed by atoms with Crippen molar-refractivity contribution in [2.45, 2.75) is 70.5 Å². The van der Waals surface area contributed by atoms with Crippen LogP contribution in [0.15, 0.2) is 11.0 Å². The Morgan fingerprint density at radius 3 is 2.11 bits per heavy atom. The number of hydrogen-bond acceptors (Lipinski definition) is 7. The average molecular weight is 435 g/mol. The molecule has 0 amide bonds. The predicted molar refractivity (Wildman–Crippen MR) is 117 cm³/mol. The summed E-state index contributed by atoms with van der Waals surface area (Å²) in [6.45, 7) is 16.5. The summed E-state index contributed by atoms with van der Waals surface area (Å²) in [6, 6.07) is 0. The van der Waals surface area contributed by atoms with Gasteiger partial charge in [-0.25, -0.2) is 9.59 Å². The topological polar surface area (TPSA) is 61.8 Å². The van der Waals surface area contributed by atoms with Crippen LogP contribution in [0.3, 0.4) is 0 Å². The average Bonchev–Trinajstić information content (AvgIpc) is 2.52. The molecule has 0 radical (unpaired) electrons. The number of hydrogen-bond donors (Lipinski definition) is 0. The normalized spacial score (nSPS) is 22.8. The van der Waals surface area contributed by atoms with Crippen LogP contribution in [0.4, 0.5) is 0 Å². The maximum atomic E-state index is 13.1. The maximum absolute atomic E-state index is 13.1. The quantitative estimate of drug-likeness (QED) is 0.343. The maximum Gasteiger partial charge on any atom is 0.336 e. The van der Waals surface area contributed by atoms with Crippen LogP contribution in [0, 0.1) is 0 Å². The van der Waals surface area contributed by atoms with Gasteiger partial charge < -0.3 is 13.9 Å². The number of thioether (sulfide) groups is 2. The van der Waals surface area contributed by atoms with Crippen LogP contribution in [-0.4, -0.2) is 55.8 Å². The first-order valence-electron chi connectivity index (χ1n) is 9.39. The molecule has 1 atom stereocenters. The van der Waals surface area contributed by atoms with Gasteiger partial charge in [-0.2, -0.15) is 0 Å². The molecular formula is C19H34O5S2Si. The van der Waals surface area contributed by atoms with E-state index in [2.05, 4.69) is 33.9 Å². The fourth-order valence-electron chi connectivity index (χ4n) is 2.39. The van der Waals surface area contributed by atoms with Gasteiger partial charge in [0.05, 0.1) is 13.2 Å². The molecule has 0 fully saturated rings. The highest BCUT2D eigenvalue weighted by Gasteiger charge is 2.58. The second-order valence-electron chi connectivity index (χ2n) is 7.95. The summed E-state index contributed by atoms with van der Waals surface area (Å²) in [7, 11) is -2.27. The van der Waals surface area contributed by atoms with Crippen molar-refractivity contribution in [1.82, 2.24) is 0 Å². The second-order valence-corrected chi connectivity index (χ2v) is 15.4. The van der Waals surface area contributed by atoms with E-state index in [0.29, 0.717) is 5.75 Å². The molecule has 0 aliphatic carbocycles. The number of esters is 2. The highest BCUT2D eigenvalue weighted by molar-refractivity contribution is 8.06. The van der Waals surface area contributed by atoms with E-state index in [9.17, 15) is 9.59 Å². The molecule has 0 bridgehead atoms. The molecule has 1 heterocycles. The first kappa shape index (κ1) is 24.6. The number of allylic oxidation sites excluding steroid dienone is 1. The molecule has 27 heavy (non-hydrogen) atoms. The summed E-state index contributed by atoms with van der Waals surface area (Å²) in [5, 5.41) is -0.0655. The zero-order valence-corrected chi connectivity index (χ0v) is 20.5. The van der Waals surface area contributed by atoms with Crippen molar-refractivity contribution in [1.29, 1.82) is 0 Å². The van der Waals surface area contributed by atoms with Crippen LogP contribution in [0.1, 0.15) is 41.5 Å². The molecule has 156 valence electrons. The zero-order chi connectivity index (χ0) is 20.9. The number of carbonyl (C=O) groups excluding carboxylic acids is 2. The molecule has 0 saturated heterocycles. The third-order valence-corrected chi connectivity index (χ3v) is 12.1. The van der Waals surface area contributed by atoms with Crippen molar-refractivity contribution in [3.8, 4) is 0 Å². The zero-order valence-electron chi connectivity index (χ0n) is 17.8. The molecular weight excluding hydrogens is 400 g/mol. The van der Waals surface area contributed by atoms with E-state index in [0.717, 1.165) is 10.7 Å². The monoisotopic (exact) mass is 434 g/mol. The van der Waals surface area contributed by atoms with E-state index in [-0.39, 0.29) is 18.3 Å². The number of rotatable bonds is 6. The lowest BCUT2D eigenvalue weighted by molar-refractivity contribution is -0.161. The summed E-state index contributed by atoms with van der Waals surface area (Å²) in [5.74, 6) is 0.284. The van der Waals surface area contributed by atoms with Crippen molar-refractivity contribution in [2.24, 2.45) is 0 Å². The smallest absolute Gasteiger partial charge is 0.336 e. The Hall–Kier alpha value is -0.443. The minimum absolute atomic E-state index is 0.0655. The van der Waals surface area contributed by atoms with Crippen molar-refractivity contribution in [3.05, 3.63) is 11.0 Å². The molecule has 0 spiro atoms. The largest absolute Gasteiger partial charge is 0.464 e. The molecule has 0 aromatic heterocycles. The second kappa shape index (κ2) is 9.85. The lowest BCUT2D eigenvalue weighted by atomic mass is 10.0. The van der Waals surface area contributed by atoms with Gasteiger partial charge in [-0.1, -0.05) is 20.8 Å². The van der Waals surface area contributed by atoms with E-state index in [1.54, 1.807) is 25.6 Å². The van der Waals surface area contributed by atoms with Crippen LogP contribution in [-0.2, 0) is 23.5 Å². The van der Waals surface area contributed by atoms with E-state index >= 15 is 0 Å². The Morgan fingerprint density at radius 1 is 1.15 bits per heavy atom. The summed E-state index contributed by atoms with van der Waals surface area (Å²) in [4.78, 5) is 27.3. The van der Waals surface area contributed by atoms with Crippen molar-refractivity contribution in [3.63, 3.8) is 0 Å². The molecule has 0 aromatic rings. The van der Waals surface area contributed by atoms with Crippen molar-refractivity contribution in [2.75, 3.05) is 24.7 Å². The molecule has 1 aliphatic rings. The number of carbonyl (C=O) groups is 2. The van der Waals surface area contributed by atoms with Crippen molar-refractivity contribution < 1.29 is 23.5 Å². The highest BCUT2D eigenvalue weighted by atomic mass is 32.2. The predicted octanol–water partition coefficient (Wildman–Crippen LogP) is 4.63. The minimum atomic E-state index is -2.27. The fourth-order valence-corrected chi connectivity index (χ4v) is 5.87. The third kappa shape index (κ3) is 5.77. The minimum Gasteiger partial charge on any atom is -0.464 e. The van der Waals surface area contributed by atoms with Gasteiger partial charge in [-0.05, 0) is 49.9 Å². The van der Waals surface area contributed by atoms with E-state index < -0.39 is 31.1 Å². The Bertz CT molecular complexity index is 551. The lowest BCUT2D eigenvalue weighted by Crippen LogP contribution is -2.59. The molecule has 1 rings (SSSR count). The Labute approximate surface area is 173 Å². The summed E-state index contributed by atoms with van der Waals surface area (Å²) in [6.07, 6.45) is 1.18. The Balaban J connectivity index is 3.55. The first-order chi connectivity index (χ1) is 12.4. The van der Waals surface area contributed by atoms with Gasteiger partial charge in [0.25, 0.3) is 0 Å². The van der Waals surface area contributed by atoms with Crippen LogP contribution in [0.25, 0.3) is 0 Å². The molecule has 1 aliphatic heterocycles. The SMILES string of the molecule is CCOC(=O)C1(C(=O)OCC)SCCS/C(C)=C\C1O[Si](C)(C)C(C)(C)C. The Morgan fingerprint density at radius 2 is 1.67 bits per heavy atom. The van der Waals surface area contributed by atoms with Gasteiger partial charge in [0.2, 0.25) is 4.75 Å². The van der Waals surface area contributed by atoms with Crippen LogP contribution >= 0.6 is 23.5 Å². The van der Waals surface area contributed by atoms with Gasteiger partial charge in [0.1, 0.15) is 6.10 Å². The van der Waals surface area contributed by atoms with Gasteiger partial charge >= 0.3 is 11.9 Å². The highest BCUT2D eigenvalue weighted by Crippen LogP contribution is 2.44. The van der Waals surface area contributed by atoms with Gasteiger partial charge in [0.15, 0.2) is 8.32 Å². The lowest BCUT2D eigenvalue weighted by Gasteiger charge is -2.43. The first-order valence-corrected chi connectivity index (χ1v) is 14.3. The fraction of sp³-hybridized carbons (Fsp3) is 0.789. The summed E-state index contributed by atoms with van der Waals surface area (Å²) in [5.41, 5.74) is 0. The van der Waals surface area contributed by atoms with Crippen molar-refractivity contribution >= 4 is 43.8 Å². The molecule has 0 aromatic carbocycles. The van der Waals surface area contributed by atoms with Gasteiger partial charge in [0, 0.05) is 11.5 Å². The van der Waals surface area contributed by atoms with E-state index in [1.807, 2.05) is 13.0 Å². The molecule has 0 N–H and O–H groups in total. The van der Waals surface area contributed by atoms with E-state index in [1.165, 1.54) is 11.8 Å². The van der Waals surface area contributed by atoms with E-state index in [4.69, 9.17) is 13.9 Å². The molecule has 5 nitrogen and oxygen atoms in total. The van der Waals surface area contributed by atoms with Crippen LogP contribution in [0.5, 0.6) is 0 Å². The molecule has 0 saturated carbocycles.